The fourth-order valence-electron chi connectivity index (χ4n) is 3.04. The first-order valence-electron chi connectivity index (χ1n) is 11.1. The fourth-order valence-corrected chi connectivity index (χ4v) is 4.08. The predicted molar refractivity (Wildman–Crippen MR) is 136 cm³/mol. The largest absolute Gasteiger partial charge is 0.494 e. The molecule has 0 atom stereocenters. The molecule has 1 aliphatic rings. The number of benzene rings is 2. The van der Waals surface area contributed by atoms with Crippen LogP contribution in [0.2, 0.25) is 5.02 Å². The Labute approximate surface area is 212 Å². The van der Waals surface area contributed by atoms with Crippen LogP contribution in [0.5, 0.6) is 5.75 Å². The normalized spacial score (nSPS) is 14.4. The molecule has 1 aliphatic heterocycles. The molecule has 1 fully saturated rings. The summed E-state index contributed by atoms with van der Waals surface area (Å²) in [7, 11) is 0. The quantitative estimate of drug-likeness (QED) is 0.334. The molecule has 184 valence electrons. The number of nitrogens with one attached hydrogen (secondary N) is 1. The van der Waals surface area contributed by atoms with E-state index < -0.39 is 29.6 Å². The number of thioether (sulfide) groups is 1. The summed E-state index contributed by atoms with van der Waals surface area (Å²) in [6, 6.07) is 11.5. The van der Waals surface area contributed by atoms with Crippen LogP contribution in [-0.2, 0) is 14.3 Å². The number of esters is 1. The van der Waals surface area contributed by atoms with Gasteiger partial charge in [-0.05, 0) is 66.6 Å². The zero-order chi connectivity index (χ0) is 25.4. The lowest BCUT2D eigenvalue weighted by Crippen LogP contribution is -2.36. The number of ether oxygens (including phenoxy) is 2. The lowest BCUT2D eigenvalue weighted by molar-refractivity contribution is -0.127. The van der Waals surface area contributed by atoms with Gasteiger partial charge < -0.3 is 14.8 Å². The number of hydrogen-bond acceptors (Lipinski definition) is 7. The van der Waals surface area contributed by atoms with E-state index in [1.807, 2.05) is 13.8 Å². The smallest absolute Gasteiger partial charge is 0.339 e. The van der Waals surface area contributed by atoms with Gasteiger partial charge in [0.15, 0.2) is 0 Å². The predicted octanol–water partition coefficient (Wildman–Crippen LogP) is 5.37. The third-order valence-electron chi connectivity index (χ3n) is 4.73. The molecule has 1 saturated heterocycles. The summed E-state index contributed by atoms with van der Waals surface area (Å²) in [5.74, 6) is -1.03. The molecule has 0 unspecified atom stereocenters. The van der Waals surface area contributed by atoms with Crippen LogP contribution >= 0.6 is 23.4 Å². The topological polar surface area (TPSA) is 102 Å². The van der Waals surface area contributed by atoms with Crippen LogP contribution in [0, 0.1) is 0 Å². The van der Waals surface area contributed by atoms with Crippen LogP contribution < -0.4 is 10.1 Å². The van der Waals surface area contributed by atoms with Crippen molar-refractivity contribution in [3.8, 4) is 5.75 Å². The maximum Gasteiger partial charge on any atom is 0.339 e. The van der Waals surface area contributed by atoms with E-state index in [-0.39, 0.29) is 27.8 Å². The number of hydrogen-bond donors (Lipinski definition) is 1. The van der Waals surface area contributed by atoms with Crippen molar-refractivity contribution < 1.29 is 28.7 Å². The highest BCUT2D eigenvalue weighted by molar-refractivity contribution is 8.18. The Morgan fingerprint density at radius 1 is 1.06 bits per heavy atom. The molecule has 3 rings (SSSR count). The SMILES string of the molecule is CCCOC(=O)c1cc(NC(=O)CN2C(=O)S/C(=C\c3ccc(OCCC)cc3)C2=O)ccc1Cl. The lowest BCUT2D eigenvalue weighted by Gasteiger charge is -2.13. The van der Waals surface area contributed by atoms with Crippen LogP contribution in [-0.4, -0.2) is 47.7 Å². The van der Waals surface area contributed by atoms with Gasteiger partial charge in [0.1, 0.15) is 12.3 Å². The number of amides is 3. The van der Waals surface area contributed by atoms with Crippen LogP contribution in [0.3, 0.4) is 0 Å². The molecule has 1 heterocycles. The van der Waals surface area contributed by atoms with Crippen molar-refractivity contribution in [2.75, 3.05) is 25.1 Å². The van der Waals surface area contributed by atoms with Gasteiger partial charge in [-0.3, -0.25) is 19.3 Å². The molecule has 0 aromatic heterocycles. The summed E-state index contributed by atoms with van der Waals surface area (Å²) in [5, 5.41) is 2.22. The fraction of sp³-hybridized carbons (Fsp3) is 0.280. The first-order valence-corrected chi connectivity index (χ1v) is 12.3. The van der Waals surface area contributed by atoms with Gasteiger partial charge in [0, 0.05) is 5.69 Å². The molecule has 8 nitrogen and oxygen atoms in total. The first kappa shape index (κ1) is 26.3. The van der Waals surface area contributed by atoms with Crippen molar-refractivity contribution in [3.63, 3.8) is 0 Å². The van der Waals surface area contributed by atoms with Gasteiger partial charge in [-0.15, -0.1) is 0 Å². The molecular formula is C25H25ClN2O6S. The molecule has 10 heteroatoms. The Balaban J connectivity index is 1.64. The van der Waals surface area contributed by atoms with Crippen molar-refractivity contribution in [2.45, 2.75) is 26.7 Å². The number of rotatable bonds is 10. The molecule has 0 saturated carbocycles. The van der Waals surface area contributed by atoms with Crippen molar-refractivity contribution in [1.82, 2.24) is 4.90 Å². The van der Waals surface area contributed by atoms with E-state index in [9.17, 15) is 19.2 Å². The van der Waals surface area contributed by atoms with Crippen molar-refractivity contribution in [2.24, 2.45) is 0 Å². The molecule has 0 radical (unpaired) electrons. The zero-order valence-electron chi connectivity index (χ0n) is 19.3. The van der Waals surface area contributed by atoms with E-state index in [4.69, 9.17) is 21.1 Å². The van der Waals surface area contributed by atoms with Gasteiger partial charge in [-0.2, -0.15) is 0 Å². The van der Waals surface area contributed by atoms with Crippen molar-refractivity contribution in [1.29, 1.82) is 0 Å². The highest BCUT2D eigenvalue weighted by Gasteiger charge is 2.36. The number of carbonyl (C=O) groups excluding carboxylic acids is 4. The molecule has 0 spiro atoms. The average Bonchev–Trinajstić information content (AvgIpc) is 3.10. The maximum atomic E-state index is 12.7. The Kier molecular flexibility index (Phi) is 9.33. The van der Waals surface area contributed by atoms with Crippen molar-refractivity contribution >= 4 is 58.1 Å². The second-order valence-corrected chi connectivity index (χ2v) is 8.96. The third kappa shape index (κ3) is 7.10. The highest BCUT2D eigenvalue weighted by Crippen LogP contribution is 2.32. The van der Waals surface area contributed by atoms with E-state index >= 15 is 0 Å². The molecular weight excluding hydrogens is 492 g/mol. The summed E-state index contributed by atoms with van der Waals surface area (Å²) in [5.41, 5.74) is 1.13. The molecule has 2 aromatic rings. The summed E-state index contributed by atoms with van der Waals surface area (Å²) < 4.78 is 10.6. The van der Waals surface area contributed by atoms with E-state index in [1.165, 1.54) is 18.2 Å². The van der Waals surface area contributed by atoms with Gasteiger partial charge in [-0.25, -0.2) is 4.79 Å². The standard InChI is InChI=1S/C25H25ClN2O6S/c1-3-11-33-18-8-5-16(6-9-18)13-21-23(30)28(25(32)35-21)15-22(29)27-17-7-10-20(26)19(14-17)24(31)34-12-4-2/h5-10,13-14H,3-4,11-12,15H2,1-2H3,(H,27,29)/b21-13-. The Morgan fingerprint density at radius 2 is 1.77 bits per heavy atom. The van der Waals surface area contributed by atoms with Gasteiger partial charge in [0.2, 0.25) is 5.91 Å². The van der Waals surface area contributed by atoms with E-state index in [0.29, 0.717) is 13.0 Å². The monoisotopic (exact) mass is 516 g/mol. The minimum absolute atomic E-state index is 0.109. The molecule has 0 aliphatic carbocycles. The zero-order valence-corrected chi connectivity index (χ0v) is 20.9. The number of halogens is 1. The second kappa shape index (κ2) is 12.4. The third-order valence-corrected chi connectivity index (χ3v) is 5.97. The molecule has 3 amide bonds. The average molecular weight is 517 g/mol. The minimum atomic E-state index is -0.603. The highest BCUT2D eigenvalue weighted by atomic mass is 35.5. The number of carbonyl (C=O) groups is 4. The van der Waals surface area contributed by atoms with Gasteiger partial charge in [0.05, 0.1) is 28.7 Å². The first-order chi connectivity index (χ1) is 16.8. The van der Waals surface area contributed by atoms with E-state index in [0.717, 1.165) is 34.4 Å². The summed E-state index contributed by atoms with van der Waals surface area (Å²) in [6.45, 7) is 4.27. The van der Waals surface area contributed by atoms with Crippen LogP contribution in [0.4, 0.5) is 10.5 Å². The summed E-state index contributed by atoms with van der Waals surface area (Å²) >= 11 is 6.84. The van der Waals surface area contributed by atoms with Crippen LogP contribution in [0.15, 0.2) is 47.4 Å². The minimum Gasteiger partial charge on any atom is -0.494 e. The van der Waals surface area contributed by atoms with Crippen LogP contribution in [0.25, 0.3) is 6.08 Å². The second-order valence-electron chi connectivity index (χ2n) is 7.56. The summed E-state index contributed by atoms with van der Waals surface area (Å²) in [6.07, 6.45) is 3.15. The Hall–Kier alpha value is -3.30. The maximum absolute atomic E-state index is 12.7. The van der Waals surface area contributed by atoms with Crippen molar-refractivity contribution in [3.05, 3.63) is 63.5 Å². The van der Waals surface area contributed by atoms with Gasteiger partial charge in [-0.1, -0.05) is 37.6 Å². The molecule has 35 heavy (non-hydrogen) atoms. The Morgan fingerprint density at radius 3 is 2.46 bits per heavy atom. The molecule has 0 bridgehead atoms. The van der Waals surface area contributed by atoms with Crippen LogP contribution in [0.1, 0.15) is 42.6 Å². The number of anilines is 1. The van der Waals surface area contributed by atoms with E-state index in [1.54, 1.807) is 30.3 Å². The van der Waals surface area contributed by atoms with Gasteiger partial charge >= 0.3 is 5.97 Å². The lowest BCUT2D eigenvalue weighted by atomic mass is 10.2. The summed E-state index contributed by atoms with van der Waals surface area (Å²) in [4.78, 5) is 50.9. The molecule has 2 aromatic carbocycles. The number of imide groups is 1. The number of nitrogens with zero attached hydrogens (tertiary/aromatic N) is 1. The molecule has 1 N–H and O–H groups in total. The Bertz CT molecular complexity index is 1150. The van der Waals surface area contributed by atoms with Gasteiger partial charge in [0.25, 0.3) is 11.1 Å². The van der Waals surface area contributed by atoms with E-state index in [2.05, 4.69) is 5.32 Å².